The van der Waals surface area contributed by atoms with Crippen molar-refractivity contribution >= 4 is 44.2 Å². The van der Waals surface area contributed by atoms with Crippen LogP contribution < -0.4 is 10.6 Å². The van der Waals surface area contributed by atoms with Crippen molar-refractivity contribution in [3.8, 4) is 0 Å². The number of fused-ring (bicyclic) bond motifs is 1. The first-order chi connectivity index (χ1) is 12.5. The Bertz CT molecular complexity index is 932. The third-order valence-electron chi connectivity index (χ3n) is 3.96. The molecule has 2 N–H and O–H groups in total. The van der Waals surface area contributed by atoms with Crippen molar-refractivity contribution in [2.45, 2.75) is 33.1 Å². The second kappa shape index (κ2) is 8.10. The molecule has 0 bridgehead atoms. The molecule has 3 rings (SSSR count). The van der Waals surface area contributed by atoms with Crippen LogP contribution in [-0.2, 0) is 11.2 Å². The van der Waals surface area contributed by atoms with Gasteiger partial charge < -0.3 is 5.32 Å². The molecule has 1 heterocycles. The number of carbonyl (C=O) groups is 2. The number of hydrogen-bond donors (Lipinski definition) is 2. The third-order valence-corrected chi connectivity index (χ3v) is 4.89. The monoisotopic (exact) mass is 367 g/mol. The number of aryl methyl sites for hydroxylation is 1. The fourth-order valence-corrected chi connectivity index (χ4v) is 3.56. The molecule has 2 amide bonds. The highest BCUT2D eigenvalue weighted by atomic mass is 32.1. The van der Waals surface area contributed by atoms with Crippen LogP contribution in [0.5, 0.6) is 0 Å². The Hall–Kier alpha value is -2.73. The summed E-state index contributed by atoms with van der Waals surface area (Å²) in [6.07, 6.45) is 3.40. The standard InChI is InChI=1S/C20H21N3O2S/c1-3-4-5-14-6-11-17-18(12-14)26-20(22-17)23-19(25)15-7-9-16(10-8-15)21-13(2)24/h6-12H,3-5H2,1-2H3,(H,21,24)(H,22,23,25). The summed E-state index contributed by atoms with van der Waals surface area (Å²) in [5, 5.41) is 6.12. The summed E-state index contributed by atoms with van der Waals surface area (Å²) in [4.78, 5) is 27.9. The van der Waals surface area contributed by atoms with Gasteiger partial charge >= 0.3 is 0 Å². The number of carbonyl (C=O) groups excluding carboxylic acids is 2. The minimum absolute atomic E-state index is 0.144. The van der Waals surface area contributed by atoms with Crippen LogP contribution in [0.2, 0.25) is 0 Å². The molecule has 0 saturated heterocycles. The zero-order valence-electron chi connectivity index (χ0n) is 14.8. The van der Waals surface area contributed by atoms with Gasteiger partial charge in [-0.15, -0.1) is 0 Å². The molecule has 6 heteroatoms. The number of benzene rings is 2. The van der Waals surface area contributed by atoms with Gasteiger partial charge in [-0.2, -0.15) is 0 Å². The molecule has 0 fully saturated rings. The number of nitrogens with zero attached hydrogens (tertiary/aromatic N) is 1. The molecule has 0 unspecified atom stereocenters. The normalized spacial score (nSPS) is 10.7. The highest BCUT2D eigenvalue weighted by molar-refractivity contribution is 7.22. The van der Waals surface area contributed by atoms with Gasteiger partial charge in [0.15, 0.2) is 5.13 Å². The Morgan fingerprint density at radius 3 is 2.54 bits per heavy atom. The largest absolute Gasteiger partial charge is 0.326 e. The lowest BCUT2D eigenvalue weighted by atomic mass is 10.1. The summed E-state index contributed by atoms with van der Waals surface area (Å²) >= 11 is 1.48. The Morgan fingerprint density at radius 2 is 1.85 bits per heavy atom. The summed E-state index contributed by atoms with van der Waals surface area (Å²) in [6.45, 7) is 3.63. The molecular formula is C20H21N3O2S. The first kappa shape index (κ1) is 18.1. The van der Waals surface area contributed by atoms with Gasteiger partial charge in [-0.3, -0.25) is 14.9 Å². The second-order valence-electron chi connectivity index (χ2n) is 6.14. The Balaban J connectivity index is 1.71. The molecule has 0 atom stereocenters. The lowest BCUT2D eigenvalue weighted by Gasteiger charge is -2.04. The van der Waals surface area contributed by atoms with Crippen LogP contribution in [0.4, 0.5) is 10.8 Å². The van der Waals surface area contributed by atoms with Crippen molar-refractivity contribution in [1.29, 1.82) is 0 Å². The van der Waals surface area contributed by atoms with E-state index in [-0.39, 0.29) is 11.8 Å². The van der Waals surface area contributed by atoms with E-state index in [4.69, 9.17) is 0 Å². The predicted molar refractivity (Wildman–Crippen MR) is 107 cm³/mol. The number of amides is 2. The number of anilines is 2. The van der Waals surface area contributed by atoms with E-state index in [1.54, 1.807) is 24.3 Å². The Labute approximate surface area is 156 Å². The van der Waals surface area contributed by atoms with Crippen LogP contribution in [0.15, 0.2) is 42.5 Å². The number of unbranched alkanes of at least 4 members (excludes halogenated alkanes) is 1. The minimum Gasteiger partial charge on any atom is -0.326 e. The van der Waals surface area contributed by atoms with Crippen LogP contribution in [0.25, 0.3) is 10.2 Å². The second-order valence-corrected chi connectivity index (χ2v) is 7.17. The van der Waals surface area contributed by atoms with E-state index in [0.29, 0.717) is 16.4 Å². The summed E-state index contributed by atoms with van der Waals surface area (Å²) in [5.74, 6) is -0.361. The van der Waals surface area contributed by atoms with Crippen LogP contribution in [0.1, 0.15) is 42.6 Å². The predicted octanol–water partition coefficient (Wildman–Crippen LogP) is 4.85. The molecule has 5 nitrogen and oxygen atoms in total. The summed E-state index contributed by atoms with van der Waals surface area (Å²) < 4.78 is 1.08. The topological polar surface area (TPSA) is 71.1 Å². The van der Waals surface area contributed by atoms with Gasteiger partial charge in [-0.1, -0.05) is 30.7 Å². The van der Waals surface area contributed by atoms with Gasteiger partial charge in [-0.05, 0) is 54.8 Å². The first-order valence-electron chi connectivity index (χ1n) is 8.63. The van der Waals surface area contributed by atoms with Crippen molar-refractivity contribution in [3.63, 3.8) is 0 Å². The zero-order chi connectivity index (χ0) is 18.5. The molecule has 0 radical (unpaired) electrons. The first-order valence-corrected chi connectivity index (χ1v) is 9.45. The zero-order valence-corrected chi connectivity index (χ0v) is 15.7. The van der Waals surface area contributed by atoms with E-state index in [1.165, 1.54) is 36.7 Å². The van der Waals surface area contributed by atoms with E-state index in [2.05, 4.69) is 34.7 Å². The van der Waals surface area contributed by atoms with Crippen LogP contribution in [0.3, 0.4) is 0 Å². The molecule has 0 aliphatic heterocycles. The number of thiazole rings is 1. The van der Waals surface area contributed by atoms with E-state index >= 15 is 0 Å². The fourth-order valence-electron chi connectivity index (χ4n) is 2.64. The van der Waals surface area contributed by atoms with Crippen molar-refractivity contribution < 1.29 is 9.59 Å². The summed E-state index contributed by atoms with van der Waals surface area (Å²) in [5.41, 5.74) is 3.37. The average Bonchev–Trinajstić information content (AvgIpc) is 3.01. The fraction of sp³-hybridized carbons (Fsp3) is 0.250. The molecule has 26 heavy (non-hydrogen) atoms. The van der Waals surface area contributed by atoms with Crippen molar-refractivity contribution in [1.82, 2.24) is 4.98 Å². The lowest BCUT2D eigenvalue weighted by Crippen LogP contribution is -2.12. The molecular weight excluding hydrogens is 346 g/mol. The minimum atomic E-state index is -0.218. The van der Waals surface area contributed by atoms with Crippen molar-refractivity contribution in [3.05, 3.63) is 53.6 Å². The number of rotatable bonds is 6. The van der Waals surface area contributed by atoms with E-state index in [0.717, 1.165) is 16.6 Å². The van der Waals surface area contributed by atoms with Crippen LogP contribution in [0, 0.1) is 0 Å². The molecule has 0 spiro atoms. The highest BCUT2D eigenvalue weighted by Crippen LogP contribution is 2.27. The maximum absolute atomic E-state index is 12.4. The van der Waals surface area contributed by atoms with E-state index < -0.39 is 0 Å². The molecule has 134 valence electrons. The van der Waals surface area contributed by atoms with Crippen LogP contribution >= 0.6 is 11.3 Å². The van der Waals surface area contributed by atoms with Gasteiger partial charge in [-0.25, -0.2) is 4.98 Å². The molecule has 0 aliphatic rings. The van der Waals surface area contributed by atoms with Gasteiger partial charge in [0.25, 0.3) is 5.91 Å². The third kappa shape index (κ3) is 4.46. The molecule has 2 aromatic carbocycles. The van der Waals surface area contributed by atoms with Gasteiger partial charge in [0.05, 0.1) is 10.2 Å². The van der Waals surface area contributed by atoms with Gasteiger partial charge in [0.2, 0.25) is 5.91 Å². The Morgan fingerprint density at radius 1 is 1.08 bits per heavy atom. The summed E-state index contributed by atoms with van der Waals surface area (Å²) in [6, 6.07) is 13.0. The van der Waals surface area contributed by atoms with E-state index in [9.17, 15) is 9.59 Å². The molecule has 3 aromatic rings. The van der Waals surface area contributed by atoms with Crippen LogP contribution in [-0.4, -0.2) is 16.8 Å². The SMILES string of the molecule is CCCCc1ccc2nc(NC(=O)c3ccc(NC(C)=O)cc3)sc2c1. The maximum atomic E-state index is 12.4. The lowest BCUT2D eigenvalue weighted by molar-refractivity contribution is -0.114. The number of aromatic nitrogens is 1. The van der Waals surface area contributed by atoms with E-state index in [1.807, 2.05) is 6.07 Å². The maximum Gasteiger partial charge on any atom is 0.257 e. The number of nitrogens with one attached hydrogen (secondary N) is 2. The summed E-state index contributed by atoms with van der Waals surface area (Å²) in [7, 11) is 0. The molecule has 1 aromatic heterocycles. The molecule has 0 aliphatic carbocycles. The smallest absolute Gasteiger partial charge is 0.257 e. The highest BCUT2D eigenvalue weighted by Gasteiger charge is 2.10. The average molecular weight is 367 g/mol. The molecule has 0 saturated carbocycles. The number of hydrogen-bond acceptors (Lipinski definition) is 4. The quantitative estimate of drug-likeness (QED) is 0.654. The van der Waals surface area contributed by atoms with Gasteiger partial charge in [0, 0.05) is 18.2 Å². The van der Waals surface area contributed by atoms with Crippen molar-refractivity contribution in [2.24, 2.45) is 0 Å². The van der Waals surface area contributed by atoms with Gasteiger partial charge in [0.1, 0.15) is 0 Å². The Kier molecular flexibility index (Phi) is 5.63. The van der Waals surface area contributed by atoms with Crippen molar-refractivity contribution in [2.75, 3.05) is 10.6 Å².